The Morgan fingerprint density at radius 3 is 1.80 bits per heavy atom. The summed E-state index contributed by atoms with van der Waals surface area (Å²) >= 11 is 0. The van der Waals surface area contributed by atoms with Gasteiger partial charge in [-0.2, -0.15) is 0 Å². The Kier molecular flexibility index (Phi) is 12.7. The number of aromatic nitrogens is 3. The number of allylic oxidation sites excluding steroid dienone is 2. The van der Waals surface area contributed by atoms with Gasteiger partial charge in [0.15, 0.2) is 17.0 Å². The highest BCUT2D eigenvalue weighted by molar-refractivity contribution is 6.39. The van der Waals surface area contributed by atoms with E-state index in [1.54, 1.807) is 0 Å². The Hall–Kier alpha value is -13.4. The van der Waals surface area contributed by atoms with Crippen molar-refractivity contribution in [2.24, 2.45) is 0 Å². The minimum absolute atomic E-state index is 0.589. The van der Waals surface area contributed by atoms with E-state index < -0.39 is 0 Å². The van der Waals surface area contributed by atoms with Crippen molar-refractivity contribution in [2.75, 3.05) is 27.8 Å². The van der Waals surface area contributed by atoms with Gasteiger partial charge >= 0.3 is 0 Å². The van der Waals surface area contributed by atoms with E-state index in [1.807, 2.05) is 36.7 Å². The Bertz CT molecular complexity index is 6780. The summed E-state index contributed by atoms with van der Waals surface area (Å²) in [5.74, 6) is 0.589. The predicted molar refractivity (Wildman–Crippen MR) is 420 cm³/mol. The van der Waals surface area contributed by atoms with Crippen LogP contribution in [0.4, 0.5) is 28.4 Å². The molecule has 0 N–H and O–H groups in total. The van der Waals surface area contributed by atoms with Crippen LogP contribution in [-0.2, 0) is 0 Å². The molecular formula is C93H58N6O2. The molecule has 0 aliphatic carbocycles. The van der Waals surface area contributed by atoms with Crippen molar-refractivity contribution in [1.29, 1.82) is 0 Å². The number of nitrogens with zero attached hydrogens (tertiary/aromatic N) is 6. The zero-order valence-electron chi connectivity index (χ0n) is 54.6. The Balaban J connectivity index is 0.882. The van der Waals surface area contributed by atoms with Crippen LogP contribution in [0.15, 0.2) is 325 Å². The lowest BCUT2D eigenvalue weighted by molar-refractivity contribution is 0.668. The number of benzene rings is 14. The molecule has 4 aromatic heterocycles. The average molecular weight is 1290 g/mol. The largest absolute Gasteiger partial charge is 0.454 e. The second-order valence-electron chi connectivity index (χ2n) is 26.5. The first-order chi connectivity index (χ1) is 50.1. The number of anilines is 5. The third-order valence-corrected chi connectivity index (χ3v) is 20.9. The van der Waals surface area contributed by atoms with E-state index in [9.17, 15) is 0 Å². The van der Waals surface area contributed by atoms with Crippen molar-refractivity contribution in [3.63, 3.8) is 0 Å². The second-order valence-corrected chi connectivity index (χ2v) is 26.5. The Labute approximate surface area is 579 Å². The highest BCUT2D eigenvalue weighted by Gasteiger charge is 2.31. The van der Waals surface area contributed by atoms with Crippen LogP contribution in [0.5, 0.6) is 0 Å². The molecule has 2 aliphatic rings. The molecule has 101 heavy (non-hydrogen) atoms. The molecule has 21 rings (SSSR count). The van der Waals surface area contributed by atoms with E-state index in [-0.39, 0.29) is 0 Å². The molecule has 19 aromatic rings. The fourth-order valence-corrected chi connectivity index (χ4v) is 16.4. The van der Waals surface area contributed by atoms with Crippen LogP contribution < -0.4 is 25.1 Å². The lowest BCUT2D eigenvalue weighted by Gasteiger charge is -2.30. The van der Waals surface area contributed by atoms with Crippen molar-refractivity contribution in [2.45, 2.75) is 0 Å². The van der Waals surface area contributed by atoms with Crippen LogP contribution in [0.1, 0.15) is 5.69 Å². The molecule has 0 radical (unpaired) electrons. The van der Waals surface area contributed by atoms with Gasteiger partial charge in [0.2, 0.25) is 0 Å². The van der Waals surface area contributed by atoms with Crippen LogP contribution in [0.25, 0.3) is 171 Å². The first kappa shape index (κ1) is 56.7. The Morgan fingerprint density at radius 1 is 0.386 bits per heavy atom. The molecule has 15 aromatic carbocycles. The van der Waals surface area contributed by atoms with E-state index in [2.05, 4.69) is 306 Å². The molecule has 0 bridgehead atoms. The monoisotopic (exact) mass is 1290 g/mol. The SMILES string of the molecule is C1=CN(c2ccc3c4cc(-c5nccc(-c6ccccc6)n5)cc5oc6c(N(c7ccc8ccccc8c7)c7c8ccccc8c(-c8ccccc8)c8ccccc78)ccc(c7cc(N8C=c9ccc%10cccc(-c%11ccccc%11)c%10c9=CC8)cc8oc2c3c87)c6c54)CC=C1c1ccccn1. The van der Waals surface area contributed by atoms with Gasteiger partial charge in [0.05, 0.1) is 28.5 Å². The van der Waals surface area contributed by atoms with Crippen molar-refractivity contribution in [3.05, 3.63) is 332 Å². The molecule has 8 nitrogen and oxygen atoms in total. The Morgan fingerprint density at radius 2 is 1.04 bits per heavy atom. The summed E-state index contributed by atoms with van der Waals surface area (Å²) in [5.41, 5.74) is 17.4. The summed E-state index contributed by atoms with van der Waals surface area (Å²) in [5, 5.41) is 19.7. The number of rotatable bonds is 10. The molecule has 0 fully saturated rings. The maximum absolute atomic E-state index is 7.93. The average Bonchev–Trinajstić information content (AvgIpc) is 1.66. The van der Waals surface area contributed by atoms with Gasteiger partial charge in [0.25, 0.3) is 0 Å². The molecular weight excluding hydrogens is 1230 g/mol. The first-order valence-electron chi connectivity index (χ1n) is 34.4. The quantitative estimate of drug-likeness (QED) is 0.125. The van der Waals surface area contributed by atoms with E-state index >= 15 is 0 Å². The third-order valence-electron chi connectivity index (χ3n) is 20.9. The van der Waals surface area contributed by atoms with Crippen molar-refractivity contribution in [3.8, 4) is 44.9 Å². The van der Waals surface area contributed by atoms with Crippen LogP contribution in [0.3, 0.4) is 0 Å². The molecule has 0 saturated heterocycles. The molecule has 2 aliphatic heterocycles. The van der Waals surface area contributed by atoms with Crippen LogP contribution >= 0.6 is 0 Å². The van der Waals surface area contributed by atoms with Crippen molar-refractivity contribution < 1.29 is 8.83 Å². The summed E-state index contributed by atoms with van der Waals surface area (Å²) in [7, 11) is 0. The molecule has 0 atom stereocenters. The van der Waals surface area contributed by atoms with Crippen molar-refractivity contribution >= 4 is 155 Å². The molecule has 0 amide bonds. The normalized spacial score (nSPS) is 13.2. The summed E-state index contributed by atoms with van der Waals surface area (Å²) in [4.78, 5) is 22.3. The molecule has 472 valence electrons. The minimum Gasteiger partial charge on any atom is -0.454 e. The van der Waals surface area contributed by atoms with Gasteiger partial charge in [-0.3, -0.25) is 4.98 Å². The van der Waals surface area contributed by atoms with Gasteiger partial charge in [-0.05, 0) is 159 Å². The molecule has 6 heterocycles. The molecule has 0 unspecified atom stereocenters. The summed E-state index contributed by atoms with van der Waals surface area (Å²) in [6.45, 7) is 1.25. The molecule has 0 spiro atoms. The van der Waals surface area contributed by atoms with E-state index in [4.69, 9.17) is 23.8 Å². The second kappa shape index (κ2) is 22.6. The van der Waals surface area contributed by atoms with Crippen LogP contribution in [0.2, 0.25) is 0 Å². The zero-order chi connectivity index (χ0) is 66.2. The smallest absolute Gasteiger partial charge is 0.160 e. The minimum atomic E-state index is 0.589. The van der Waals surface area contributed by atoms with Crippen molar-refractivity contribution in [1.82, 2.24) is 15.0 Å². The lowest BCUT2D eigenvalue weighted by atomic mass is 9.89. The van der Waals surface area contributed by atoms with E-state index in [1.165, 1.54) is 32.7 Å². The van der Waals surface area contributed by atoms with Gasteiger partial charge in [0.1, 0.15) is 11.2 Å². The standard InChI is InChI=1S/C93H58N6O2/c1-4-20-58(21-5-1)68-32-18-27-62-34-35-64-56-98(50-45-69(64)84(62)68)67-54-77-73-39-41-81(99(66-37-36-57-19-10-11-26-63(57)51-66)90-74-30-14-12-28-70(74)85(61-24-8-3-9-25-61)71-29-13-15-31-75(71)90)92-89(73)86-76(52-65(53-82(86)100-92)93-95-47-42-79(96-93)59-22-6-2-7-23-59)72-38-40-80(91-88(72)87(77)83(55-67)101-91)97-48-43-60(44-49-97)78-33-16-17-46-94-78/h1-48,51-56H,49-50H2. The number of hydrogen-bond acceptors (Lipinski definition) is 8. The number of pyridine rings is 1. The molecule has 0 saturated carbocycles. The third kappa shape index (κ3) is 8.98. The van der Waals surface area contributed by atoms with Gasteiger partial charge in [-0.25, -0.2) is 9.97 Å². The zero-order valence-corrected chi connectivity index (χ0v) is 54.6. The lowest BCUT2D eigenvalue weighted by Crippen LogP contribution is -2.36. The van der Waals surface area contributed by atoms with E-state index in [0.717, 1.165) is 159 Å². The number of hydrogen-bond donors (Lipinski definition) is 0. The first-order valence-corrected chi connectivity index (χ1v) is 34.4. The summed E-state index contributed by atoms with van der Waals surface area (Å²) < 4.78 is 15.6. The van der Waals surface area contributed by atoms with Gasteiger partial charge in [-0.1, -0.05) is 231 Å². The fourth-order valence-electron chi connectivity index (χ4n) is 16.4. The molecule has 8 heteroatoms. The fraction of sp³-hybridized carbons (Fsp3) is 0.0215. The maximum atomic E-state index is 7.93. The summed E-state index contributed by atoms with van der Waals surface area (Å²) in [6.07, 6.45) is 15.0. The summed E-state index contributed by atoms with van der Waals surface area (Å²) in [6, 6.07) is 103. The van der Waals surface area contributed by atoms with Crippen LogP contribution in [0, 0.1) is 0 Å². The van der Waals surface area contributed by atoms with Gasteiger partial charge in [0, 0.05) is 98.8 Å². The van der Waals surface area contributed by atoms with Gasteiger partial charge in [-0.15, -0.1) is 0 Å². The number of fused-ring (bicyclic) bond motifs is 8. The van der Waals surface area contributed by atoms with Crippen LogP contribution in [-0.4, -0.2) is 28.0 Å². The highest BCUT2D eigenvalue weighted by Crippen LogP contribution is 2.55. The van der Waals surface area contributed by atoms with Gasteiger partial charge < -0.3 is 23.5 Å². The van der Waals surface area contributed by atoms with E-state index in [0.29, 0.717) is 24.5 Å². The predicted octanol–water partition coefficient (Wildman–Crippen LogP) is 22.6. The highest BCUT2D eigenvalue weighted by atomic mass is 16.3. The number of furan rings is 2. The maximum Gasteiger partial charge on any atom is 0.160 e. The topological polar surface area (TPSA) is 74.7 Å².